The lowest BCUT2D eigenvalue weighted by Gasteiger charge is -2.22. The van der Waals surface area contributed by atoms with Crippen LogP contribution in [0.5, 0.6) is 0 Å². The topological polar surface area (TPSA) is 87.7 Å². The minimum absolute atomic E-state index is 0.00940. The Morgan fingerprint density at radius 1 is 1.53 bits per heavy atom. The molecule has 1 fully saturated rings. The third-order valence-corrected chi connectivity index (χ3v) is 4.97. The zero-order valence-electron chi connectivity index (χ0n) is 10.0. The highest BCUT2D eigenvalue weighted by Gasteiger charge is 2.35. The van der Waals surface area contributed by atoms with Gasteiger partial charge < -0.3 is 5.32 Å². The molecule has 6 nitrogen and oxygen atoms in total. The van der Waals surface area contributed by atoms with Crippen molar-refractivity contribution >= 4 is 9.84 Å². The van der Waals surface area contributed by atoms with E-state index in [-0.39, 0.29) is 17.3 Å². The zero-order chi connectivity index (χ0) is 12.5. The molecular formula is C10H18N4O2S. The lowest BCUT2D eigenvalue weighted by molar-refractivity contribution is 0.444. The number of H-pyrrole nitrogens is 1. The fraction of sp³-hybridized carbons (Fsp3) is 0.800. The summed E-state index contributed by atoms with van der Waals surface area (Å²) in [5.41, 5.74) is 0. The van der Waals surface area contributed by atoms with Crippen molar-refractivity contribution in [1.29, 1.82) is 0 Å². The molecule has 1 aromatic heterocycles. The number of aromatic amines is 1. The fourth-order valence-corrected chi connectivity index (χ4v) is 3.86. The lowest BCUT2D eigenvalue weighted by Crippen LogP contribution is -2.41. The smallest absolute Gasteiger partial charge is 0.151 e. The minimum Gasteiger partial charge on any atom is -0.303 e. The van der Waals surface area contributed by atoms with Crippen molar-refractivity contribution in [3.63, 3.8) is 0 Å². The van der Waals surface area contributed by atoms with Gasteiger partial charge in [0.2, 0.25) is 0 Å². The molecule has 96 valence electrons. The largest absolute Gasteiger partial charge is 0.303 e. The van der Waals surface area contributed by atoms with Crippen LogP contribution >= 0.6 is 0 Å². The third-order valence-electron chi connectivity index (χ3n) is 3.31. The lowest BCUT2D eigenvalue weighted by atomic mass is 10.2. The molecule has 0 bridgehead atoms. The Labute approximate surface area is 101 Å². The molecule has 1 aliphatic carbocycles. The van der Waals surface area contributed by atoms with Crippen LogP contribution in [0.15, 0.2) is 6.33 Å². The van der Waals surface area contributed by atoms with Crippen molar-refractivity contribution in [2.24, 2.45) is 0 Å². The number of aromatic nitrogens is 3. The summed E-state index contributed by atoms with van der Waals surface area (Å²) in [5, 5.41) is 9.64. The molecule has 3 atom stereocenters. The van der Waals surface area contributed by atoms with Crippen LogP contribution in [0.25, 0.3) is 0 Å². The first kappa shape index (κ1) is 12.5. The predicted octanol–water partition coefficient (Wildman–Crippen LogP) is 0.421. The van der Waals surface area contributed by atoms with Crippen LogP contribution in [0.2, 0.25) is 0 Å². The second-order valence-corrected chi connectivity index (χ2v) is 6.93. The maximum absolute atomic E-state index is 11.6. The Balaban J connectivity index is 2.04. The summed E-state index contributed by atoms with van der Waals surface area (Å²) in [5.74, 6) is 0.740. The molecular weight excluding hydrogens is 240 g/mol. The molecule has 0 radical (unpaired) electrons. The predicted molar refractivity (Wildman–Crippen MR) is 64.2 cm³/mol. The summed E-state index contributed by atoms with van der Waals surface area (Å²) in [4.78, 5) is 4.07. The van der Waals surface area contributed by atoms with Crippen molar-refractivity contribution in [2.75, 3.05) is 6.26 Å². The monoisotopic (exact) mass is 258 g/mol. The van der Waals surface area contributed by atoms with Gasteiger partial charge in [-0.2, -0.15) is 5.10 Å². The molecule has 17 heavy (non-hydrogen) atoms. The molecule has 1 aromatic rings. The molecule has 0 amide bonds. The van der Waals surface area contributed by atoms with Crippen molar-refractivity contribution in [2.45, 2.75) is 43.5 Å². The highest BCUT2D eigenvalue weighted by atomic mass is 32.2. The summed E-state index contributed by atoms with van der Waals surface area (Å²) in [7, 11) is -2.97. The minimum atomic E-state index is -2.97. The maximum atomic E-state index is 11.6. The number of nitrogens with one attached hydrogen (secondary N) is 2. The van der Waals surface area contributed by atoms with Gasteiger partial charge in [-0.1, -0.05) is 6.42 Å². The van der Waals surface area contributed by atoms with Gasteiger partial charge in [-0.15, -0.1) is 0 Å². The third kappa shape index (κ3) is 2.84. The van der Waals surface area contributed by atoms with Crippen LogP contribution in [-0.2, 0) is 9.84 Å². The highest BCUT2D eigenvalue weighted by molar-refractivity contribution is 7.91. The normalized spacial score (nSPS) is 27.2. The summed E-state index contributed by atoms with van der Waals surface area (Å²) < 4.78 is 23.3. The number of rotatable bonds is 4. The van der Waals surface area contributed by atoms with Gasteiger partial charge in [-0.3, -0.25) is 5.10 Å². The van der Waals surface area contributed by atoms with E-state index in [0.717, 1.165) is 25.1 Å². The van der Waals surface area contributed by atoms with Crippen molar-refractivity contribution in [3.8, 4) is 0 Å². The van der Waals surface area contributed by atoms with E-state index >= 15 is 0 Å². The molecule has 1 aliphatic rings. The maximum Gasteiger partial charge on any atom is 0.151 e. The summed E-state index contributed by atoms with van der Waals surface area (Å²) >= 11 is 0. The van der Waals surface area contributed by atoms with Crippen LogP contribution < -0.4 is 5.32 Å². The van der Waals surface area contributed by atoms with Crippen molar-refractivity contribution in [1.82, 2.24) is 20.5 Å². The molecule has 0 spiro atoms. The van der Waals surface area contributed by atoms with E-state index < -0.39 is 9.84 Å². The van der Waals surface area contributed by atoms with Gasteiger partial charge in [0.1, 0.15) is 12.2 Å². The first-order valence-corrected chi connectivity index (χ1v) is 7.74. The number of hydrogen-bond donors (Lipinski definition) is 2. The van der Waals surface area contributed by atoms with Crippen molar-refractivity contribution in [3.05, 3.63) is 12.2 Å². The zero-order valence-corrected chi connectivity index (χ0v) is 10.9. The van der Waals surface area contributed by atoms with Crippen LogP contribution in [0.1, 0.15) is 38.1 Å². The fourth-order valence-electron chi connectivity index (χ4n) is 2.45. The highest BCUT2D eigenvalue weighted by Crippen LogP contribution is 2.26. The Kier molecular flexibility index (Phi) is 3.48. The molecule has 3 unspecified atom stereocenters. The van der Waals surface area contributed by atoms with Gasteiger partial charge in [0, 0.05) is 12.3 Å². The van der Waals surface area contributed by atoms with Gasteiger partial charge in [-0.25, -0.2) is 13.4 Å². The van der Waals surface area contributed by atoms with Gasteiger partial charge in [0.05, 0.1) is 11.3 Å². The first-order chi connectivity index (χ1) is 7.98. The van der Waals surface area contributed by atoms with Gasteiger partial charge >= 0.3 is 0 Å². The molecule has 7 heteroatoms. The Hall–Kier alpha value is -0.950. The van der Waals surface area contributed by atoms with Crippen LogP contribution in [0.4, 0.5) is 0 Å². The second-order valence-electron chi connectivity index (χ2n) is 4.66. The second kappa shape index (κ2) is 4.73. The average molecular weight is 258 g/mol. The molecule has 2 N–H and O–H groups in total. The van der Waals surface area contributed by atoms with Gasteiger partial charge in [-0.05, 0) is 19.8 Å². The van der Waals surface area contributed by atoms with Gasteiger partial charge in [0.25, 0.3) is 0 Å². The number of sulfone groups is 1. The summed E-state index contributed by atoms with van der Waals surface area (Å²) in [6, 6.07) is 0.00921. The molecule has 2 rings (SSSR count). The summed E-state index contributed by atoms with van der Waals surface area (Å²) in [6.45, 7) is 1.96. The van der Waals surface area contributed by atoms with E-state index in [0.29, 0.717) is 0 Å². The van der Waals surface area contributed by atoms with E-state index in [1.807, 2.05) is 6.92 Å². The standard InChI is InChI=1S/C10H18N4O2S/c1-7(10-11-6-12-14-10)13-8-4-3-5-9(8)17(2,15)16/h6-9,13H,3-5H2,1-2H3,(H,11,12,14). The van der Waals surface area contributed by atoms with E-state index in [2.05, 4.69) is 20.5 Å². The van der Waals surface area contributed by atoms with E-state index in [1.54, 1.807) is 0 Å². The quantitative estimate of drug-likeness (QED) is 0.817. The van der Waals surface area contributed by atoms with Crippen LogP contribution in [-0.4, -0.2) is 41.1 Å². The van der Waals surface area contributed by atoms with Crippen molar-refractivity contribution < 1.29 is 8.42 Å². The molecule has 1 saturated carbocycles. The average Bonchev–Trinajstić information content (AvgIpc) is 2.85. The molecule has 0 aliphatic heterocycles. The first-order valence-electron chi connectivity index (χ1n) is 5.78. The Bertz CT molecular complexity index is 457. The van der Waals surface area contributed by atoms with E-state index in [1.165, 1.54) is 12.6 Å². The molecule has 0 aromatic carbocycles. The Morgan fingerprint density at radius 3 is 2.88 bits per heavy atom. The summed E-state index contributed by atoms with van der Waals surface area (Å²) in [6.07, 6.45) is 5.38. The Morgan fingerprint density at radius 2 is 2.29 bits per heavy atom. The van der Waals surface area contributed by atoms with E-state index in [4.69, 9.17) is 0 Å². The SMILES string of the molecule is CC(NC1CCCC1S(C)(=O)=O)c1ncn[nH]1. The number of hydrogen-bond acceptors (Lipinski definition) is 5. The molecule has 0 saturated heterocycles. The van der Waals surface area contributed by atoms with Gasteiger partial charge in [0.15, 0.2) is 9.84 Å². The number of nitrogens with zero attached hydrogens (tertiary/aromatic N) is 2. The van der Waals surface area contributed by atoms with Crippen LogP contribution in [0.3, 0.4) is 0 Å². The molecule has 1 heterocycles. The van der Waals surface area contributed by atoms with Crippen LogP contribution in [0, 0.1) is 0 Å². The van der Waals surface area contributed by atoms with E-state index in [9.17, 15) is 8.42 Å².